The van der Waals surface area contributed by atoms with Crippen molar-refractivity contribution in [1.29, 1.82) is 0 Å². The summed E-state index contributed by atoms with van der Waals surface area (Å²) in [5.74, 6) is 1.24. The lowest BCUT2D eigenvalue weighted by atomic mass is 9.91. The molecule has 21 heavy (non-hydrogen) atoms. The minimum absolute atomic E-state index is 0.156. The molecule has 2 aromatic rings. The van der Waals surface area contributed by atoms with Gasteiger partial charge in [-0.05, 0) is 48.4 Å². The van der Waals surface area contributed by atoms with Gasteiger partial charge >= 0.3 is 0 Å². The van der Waals surface area contributed by atoms with Gasteiger partial charge in [0.05, 0.1) is 7.11 Å². The smallest absolute Gasteiger partial charge is 0.126 e. The molecule has 0 saturated heterocycles. The van der Waals surface area contributed by atoms with E-state index in [4.69, 9.17) is 15.2 Å². The second-order valence-electron chi connectivity index (χ2n) is 5.35. The number of benzene rings is 2. The zero-order chi connectivity index (χ0) is 15.0. The van der Waals surface area contributed by atoms with Crippen molar-refractivity contribution in [2.45, 2.75) is 25.5 Å². The number of hydrogen-bond acceptors (Lipinski definition) is 3. The number of halogens is 1. The fraction of sp³-hybridized carbons (Fsp3) is 0.294. The Morgan fingerprint density at radius 1 is 1.19 bits per heavy atom. The van der Waals surface area contributed by atoms with Crippen molar-refractivity contribution in [3.8, 4) is 11.5 Å². The minimum atomic E-state index is -0.256. The van der Waals surface area contributed by atoms with Crippen LogP contribution in [0.2, 0.25) is 0 Å². The van der Waals surface area contributed by atoms with Crippen LogP contribution in [0.3, 0.4) is 0 Å². The molecule has 1 heterocycles. The van der Waals surface area contributed by atoms with E-state index < -0.39 is 0 Å². The van der Waals surface area contributed by atoms with Crippen LogP contribution in [0.1, 0.15) is 35.3 Å². The van der Waals surface area contributed by atoms with E-state index in [1.807, 2.05) is 25.1 Å². The summed E-state index contributed by atoms with van der Waals surface area (Å²) in [5, 5.41) is 0. The molecule has 1 unspecified atom stereocenters. The van der Waals surface area contributed by atoms with E-state index in [9.17, 15) is 4.39 Å². The first-order valence-corrected chi connectivity index (χ1v) is 6.94. The molecule has 2 aromatic carbocycles. The Balaban J connectivity index is 1.96. The number of nitrogens with two attached hydrogens (primary N) is 1. The molecular weight excluding hydrogens is 269 g/mol. The van der Waals surface area contributed by atoms with E-state index in [0.29, 0.717) is 6.42 Å². The second kappa shape index (κ2) is 5.37. The first-order chi connectivity index (χ1) is 10.1. The highest BCUT2D eigenvalue weighted by atomic mass is 19.1. The molecule has 0 fully saturated rings. The molecule has 0 saturated carbocycles. The summed E-state index contributed by atoms with van der Waals surface area (Å²) in [6.07, 6.45) is 0.390. The molecule has 2 atom stereocenters. The largest absolute Gasteiger partial charge is 0.497 e. The first kappa shape index (κ1) is 13.9. The van der Waals surface area contributed by atoms with Crippen LogP contribution in [0.15, 0.2) is 36.4 Å². The van der Waals surface area contributed by atoms with Crippen LogP contribution in [-0.4, -0.2) is 7.11 Å². The zero-order valence-electron chi connectivity index (χ0n) is 12.1. The van der Waals surface area contributed by atoms with Gasteiger partial charge in [0.1, 0.15) is 23.4 Å². The SMILES string of the molecule is COc1ccc2c(c1)[C@@H](N)CC(c1cc(F)ccc1C)O2. The highest BCUT2D eigenvalue weighted by molar-refractivity contribution is 5.44. The van der Waals surface area contributed by atoms with E-state index in [1.54, 1.807) is 13.2 Å². The van der Waals surface area contributed by atoms with Crippen molar-refractivity contribution in [2.24, 2.45) is 5.73 Å². The molecule has 2 N–H and O–H groups in total. The number of ether oxygens (including phenoxy) is 2. The summed E-state index contributed by atoms with van der Waals surface area (Å²) in [4.78, 5) is 0. The van der Waals surface area contributed by atoms with Crippen LogP contribution < -0.4 is 15.2 Å². The zero-order valence-corrected chi connectivity index (χ0v) is 12.1. The van der Waals surface area contributed by atoms with E-state index in [-0.39, 0.29) is 18.0 Å². The molecule has 0 amide bonds. The van der Waals surface area contributed by atoms with Crippen molar-refractivity contribution in [2.75, 3.05) is 7.11 Å². The predicted molar refractivity (Wildman–Crippen MR) is 79.0 cm³/mol. The molecule has 4 heteroatoms. The van der Waals surface area contributed by atoms with Gasteiger partial charge in [0.2, 0.25) is 0 Å². The van der Waals surface area contributed by atoms with Gasteiger partial charge in [0.15, 0.2) is 0 Å². The predicted octanol–water partition coefficient (Wildman–Crippen LogP) is 3.67. The van der Waals surface area contributed by atoms with Crippen molar-refractivity contribution in [1.82, 2.24) is 0 Å². The Labute approximate surface area is 123 Å². The quantitative estimate of drug-likeness (QED) is 0.916. The molecule has 0 aliphatic carbocycles. The molecule has 3 rings (SSSR count). The molecule has 0 aromatic heterocycles. The molecule has 0 radical (unpaired) electrons. The fourth-order valence-corrected chi connectivity index (χ4v) is 2.76. The van der Waals surface area contributed by atoms with Crippen LogP contribution in [0.25, 0.3) is 0 Å². The third-order valence-corrected chi connectivity index (χ3v) is 3.94. The molecular formula is C17H18FNO2. The van der Waals surface area contributed by atoms with Gasteiger partial charge in [-0.15, -0.1) is 0 Å². The fourth-order valence-electron chi connectivity index (χ4n) is 2.76. The lowest BCUT2D eigenvalue weighted by Gasteiger charge is -2.31. The molecule has 110 valence electrons. The molecule has 0 bridgehead atoms. The Kier molecular flexibility index (Phi) is 3.55. The normalized spacial score (nSPS) is 20.6. The third-order valence-electron chi connectivity index (χ3n) is 3.94. The van der Waals surface area contributed by atoms with Gasteiger partial charge in [-0.25, -0.2) is 4.39 Å². The van der Waals surface area contributed by atoms with E-state index in [1.165, 1.54) is 12.1 Å². The summed E-state index contributed by atoms with van der Waals surface area (Å²) in [6, 6.07) is 10.2. The van der Waals surface area contributed by atoms with E-state index in [0.717, 1.165) is 28.2 Å². The number of methoxy groups -OCH3 is 1. The van der Waals surface area contributed by atoms with Crippen molar-refractivity contribution >= 4 is 0 Å². The maximum atomic E-state index is 13.5. The Morgan fingerprint density at radius 3 is 2.76 bits per heavy atom. The summed E-state index contributed by atoms with van der Waals surface area (Å²) in [7, 11) is 1.62. The lowest BCUT2D eigenvalue weighted by molar-refractivity contribution is 0.160. The minimum Gasteiger partial charge on any atom is -0.497 e. The maximum Gasteiger partial charge on any atom is 0.126 e. The standard InChI is InChI=1S/C17H18FNO2/c1-10-3-4-11(18)7-13(10)17-9-15(19)14-8-12(20-2)5-6-16(14)21-17/h3-8,15,17H,9,19H2,1-2H3/t15-,17?/m0/s1. The number of hydrogen-bond donors (Lipinski definition) is 1. The Bertz CT molecular complexity index is 672. The van der Waals surface area contributed by atoms with Gasteiger partial charge in [-0.3, -0.25) is 0 Å². The highest BCUT2D eigenvalue weighted by Crippen LogP contribution is 2.41. The van der Waals surface area contributed by atoms with Gasteiger partial charge in [-0.1, -0.05) is 6.07 Å². The van der Waals surface area contributed by atoms with E-state index >= 15 is 0 Å². The molecule has 1 aliphatic rings. The summed E-state index contributed by atoms with van der Waals surface area (Å²) < 4.78 is 24.7. The third kappa shape index (κ3) is 2.59. The summed E-state index contributed by atoms with van der Waals surface area (Å²) in [5.41, 5.74) is 9.05. The lowest BCUT2D eigenvalue weighted by Crippen LogP contribution is -2.24. The average molecular weight is 287 g/mol. The van der Waals surface area contributed by atoms with Crippen LogP contribution >= 0.6 is 0 Å². The van der Waals surface area contributed by atoms with Crippen molar-refractivity contribution in [3.63, 3.8) is 0 Å². The van der Waals surface area contributed by atoms with Crippen LogP contribution in [-0.2, 0) is 0 Å². The number of aryl methyl sites for hydroxylation is 1. The van der Waals surface area contributed by atoms with Gasteiger partial charge in [-0.2, -0.15) is 0 Å². The van der Waals surface area contributed by atoms with Crippen LogP contribution in [0.5, 0.6) is 11.5 Å². The average Bonchev–Trinajstić information content (AvgIpc) is 2.49. The second-order valence-corrected chi connectivity index (χ2v) is 5.35. The van der Waals surface area contributed by atoms with Crippen LogP contribution in [0.4, 0.5) is 4.39 Å². The number of fused-ring (bicyclic) bond motifs is 1. The van der Waals surface area contributed by atoms with Gasteiger partial charge < -0.3 is 15.2 Å². The Hall–Kier alpha value is -2.07. The van der Waals surface area contributed by atoms with Crippen molar-refractivity contribution < 1.29 is 13.9 Å². The number of rotatable bonds is 2. The van der Waals surface area contributed by atoms with Gasteiger partial charge in [0.25, 0.3) is 0 Å². The summed E-state index contributed by atoms with van der Waals surface area (Å²) >= 11 is 0. The first-order valence-electron chi connectivity index (χ1n) is 6.94. The van der Waals surface area contributed by atoms with Gasteiger partial charge in [0, 0.05) is 18.0 Å². The van der Waals surface area contributed by atoms with Crippen molar-refractivity contribution in [3.05, 3.63) is 58.9 Å². The molecule has 1 aliphatic heterocycles. The highest BCUT2D eigenvalue weighted by Gasteiger charge is 2.28. The van der Waals surface area contributed by atoms with Crippen LogP contribution in [0, 0.1) is 12.7 Å². The monoisotopic (exact) mass is 287 g/mol. The molecule has 3 nitrogen and oxygen atoms in total. The Morgan fingerprint density at radius 2 is 2.00 bits per heavy atom. The molecule has 0 spiro atoms. The van der Waals surface area contributed by atoms with E-state index in [2.05, 4.69) is 0 Å². The topological polar surface area (TPSA) is 44.5 Å². The summed E-state index contributed by atoms with van der Waals surface area (Å²) in [6.45, 7) is 1.95. The maximum absolute atomic E-state index is 13.5.